The van der Waals surface area contributed by atoms with Gasteiger partial charge in [-0.15, -0.1) is 0 Å². The van der Waals surface area contributed by atoms with E-state index in [-0.39, 0.29) is 25.2 Å². The quantitative estimate of drug-likeness (QED) is 0.0755. The van der Waals surface area contributed by atoms with Crippen molar-refractivity contribution in [1.29, 1.82) is 0 Å². The number of aliphatic hydroxyl groups excluding tert-OH is 1. The summed E-state index contributed by atoms with van der Waals surface area (Å²) in [4.78, 5) is 23.7. The van der Waals surface area contributed by atoms with Crippen LogP contribution in [-0.2, 0) is 19.1 Å². The van der Waals surface area contributed by atoms with E-state index in [4.69, 9.17) is 9.47 Å². The van der Waals surface area contributed by atoms with Gasteiger partial charge in [-0.3, -0.25) is 9.59 Å². The molecule has 2 atom stereocenters. The van der Waals surface area contributed by atoms with Gasteiger partial charge >= 0.3 is 11.9 Å². The Hall–Kier alpha value is -1.10. The Morgan fingerprint density at radius 2 is 0.895 bits per heavy atom. The van der Waals surface area contributed by atoms with Gasteiger partial charge in [-0.05, 0) is 18.8 Å². The van der Waals surface area contributed by atoms with Crippen LogP contribution in [0.25, 0.3) is 0 Å². The van der Waals surface area contributed by atoms with E-state index in [0.717, 1.165) is 38.0 Å². The van der Waals surface area contributed by atoms with Crippen molar-refractivity contribution in [3.63, 3.8) is 0 Å². The molecule has 0 heterocycles. The zero-order chi connectivity index (χ0) is 28.1. The molecule has 5 nitrogen and oxygen atoms in total. The van der Waals surface area contributed by atoms with Crippen LogP contribution in [0.5, 0.6) is 0 Å². The summed E-state index contributed by atoms with van der Waals surface area (Å²) in [5.41, 5.74) is 0. The van der Waals surface area contributed by atoms with Crippen molar-refractivity contribution in [1.82, 2.24) is 0 Å². The minimum Gasteiger partial charge on any atom is -0.463 e. The molecule has 1 unspecified atom stereocenters. The number of hydrogen-bond donors (Lipinski definition) is 1. The van der Waals surface area contributed by atoms with Crippen molar-refractivity contribution in [3.05, 3.63) is 0 Å². The number of aliphatic hydroxyl groups is 1. The lowest BCUT2D eigenvalue weighted by molar-refractivity contribution is -0.152. The summed E-state index contributed by atoms with van der Waals surface area (Å²) in [5.74, 6) is 0.301. The third-order valence-electron chi connectivity index (χ3n) is 7.63. The van der Waals surface area contributed by atoms with Crippen molar-refractivity contribution in [2.24, 2.45) is 5.92 Å². The zero-order valence-corrected chi connectivity index (χ0v) is 25.6. The van der Waals surface area contributed by atoms with Gasteiger partial charge in [0.15, 0.2) is 0 Å². The maximum Gasteiger partial charge on any atom is 0.305 e. The molecule has 0 aromatic carbocycles. The Balaban J connectivity index is 3.43. The number of esters is 2. The second kappa shape index (κ2) is 28.9. The second-order valence-corrected chi connectivity index (χ2v) is 11.5. The molecule has 0 rings (SSSR count). The first kappa shape index (κ1) is 36.9. The normalized spacial score (nSPS) is 12.8. The standard InChI is InChI=1S/C33H64O5/c1-4-6-7-8-9-10-11-12-13-17-20-23-26-32(35)37-28-31(34)29-38-33(36)27-24-21-18-15-14-16-19-22-25-30(3)5-2/h30-31,34H,4-29H2,1-3H3/t30?,31-/m0/s1. The molecule has 0 aliphatic heterocycles. The first-order valence-corrected chi connectivity index (χ1v) is 16.5. The van der Waals surface area contributed by atoms with Gasteiger partial charge in [0, 0.05) is 12.8 Å². The van der Waals surface area contributed by atoms with E-state index in [1.165, 1.54) is 109 Å². The van der Waals surface area contributed by atoms with Crippen LogP contribution < -0.4 is 0 Å². The molecule has 0 radical (unpaired) electrons. The smallest absolute Gasteiger partial charge is 0.305 e. The molecule has 38 heavy (non-hydrogen) atoms. The van der Waals surface area contributed by atoms with Crippen LogP contribution in [0.3, 0.4) is 0 Å². The van der Waals surface area contributed by atoms with Crippen LogP contribution >= 0.6 is 0 Å². The molecule has 226 valence electrons. The van der Waals surface area contributed by atoms with Crippen LogP contribution in [-0.4, -0.2) is 36.4 Å². The van der Waals surface area contributed by atoms with E-state index in [0.29, 0.717) is 12.8 Å². The monoisotopic (exact) mass is 540 g/mol. The minimum absolute atomic E-state index is 0.109. The van der Waals surface area contributed by atoms with Gasteiger partial charge < -0.3 is 14.6 Å². The van der Waals surface area contributed by atoms with Crippen LogP contribution in [0, 0.1) is 5.92 Å². The highest BCUT2D eigenvalue weighted by Crippen LogP contribution is 2.15. The van der Waals surface area contributed by atoms with Crippen molar-refractivity contribution in [3.8, 4) is 0 Å². The minimum atomic E-state index is -0.954. The molecule has 1 N–H and O–H groups in total. The molecule has 0 saturated heterocycles. The molecule has 0 aliphatic rings. The average molecular weight is 541 g/mol. The maximum atomic E-state index is 11.9. The fraction of sp³-hybridized carbons (Fsp3) is 0.939. The predicted octanol–water partition coefficient (Wildman–Crippen LogP) is 9.47. The number of carbonyl (C=O) groups excluding carboxylic acids is 2. The van der Waals surface area contributed by atoms with Gasteiger partial charge in [0.2, 0.25) is 0 Å². The SMILES string of the molecule is CCCCCCCCCCCCCCC(=O)OC[C@H](O)COC(=O)CCCCCCCCCCC(C)CC. The predicted molar refractivity (Wildman–Crippen MR) is 159 cm³/mol. The van der Waals surface area contributed by atoms with Crippen LogP contribution in [0.2, 0.25) is 0 Å². The number of ether oxygens (including phenoxy) is 2. The van der Waals surface area contributed by atoms with Gasteiger partial charge in [-0.1, -0.05) is 149 Å². The van der Waals surface area contributed by atoms with Gasteiger partial charge in [-0.2, -0.15) is 0 Å². The van der Waals surface area contributed by atoms with Crippen molar-refractivity contribution < 1.29 is 24.2 Å². The van der Waals surface area contributed by atoms with Crippen molar-refractivity contribution >= 4 is 11.9 Å². The first-order chi connectivity index (χ1) is 18.5. The van der Waals surface area contributed by atoms with Gasteiger partial charge in [0.25, 0.3) is 0 Å². The lowest BCUT2D eigenvalue weighted by atomic mass is 9.99. The van der Waals surface area contributed by atoms with Crippen LogP contribution in [0.15, 0.2) is 0 Å². The maximum absolute atomic E-state index is 11.9. The summed E-state index contributed by atoms with van der Waals surface area (Å²) < 4.78 is 10.3. The Labute approximate surface area is 236 Å². The molecular weight excluding hydrogens is 476 g/mol. The Morgan fingerprint density at radius 1 is 0.553 bits per heavy atom. The van der Waals surface area contributed by atoms with Gasteiger partial charge in [0.05, 0.1) is 0 Å². The fourth-order valence-corrected chi connectivity index (χ4v) is 4.71. The lowest BCUT2D eigenvalue weighted by Crippen LogP contribution is -2.25. The molecular formula is C33H64O5. The Morgan fingerprint density at radius 3 is 1.26 bits per heavy atom. The van der Waals surface area contributed by atoms with E-state index >= 15 is 0 Å². The highest BCUT2D eigenvalue weighted by Gasteiger charge is 2.12. The molecule has 5 heteroatoms. The average Bonchev–Trinajstić information content (AvgIpc) is 2.92. The summed E-state index contributed by atoms with van der Waals surface area (Å²) in [5, 5.41) is 9.94. The fourth-order valence-electron chi connectivity index (χ4n) is 4.71. The third-order valence-corrected chi connectivity index (χ3v) is 7.63. The van der Waals surface area contributed by atoms with Crippen LogP contribution in [0.4, 0.5) is 0 Å². The molecule has 0 spiro atoms. The molecule has 0 aliphatic carbocycles. The number of unbranched alkanes of at least 4 members (excludes halogenated alkanes) is 18. The summed E-state index contributed by atoms with van der Waals surface area (Å²) in [6.45, 7) is 6.63. The molecule has 0 fully saturated rings. The van der Waals surface area contributed by atoms with Crippen LogP contribution in [0.1, 0.15) is 175 Å². The number of hydrogen-bond acceptors (Lipinski definition) is 5. The Kier molecular flexibility index (Phi) is 28.1. The molecule has 0 aromatic rings. The molecule has 0 amide bonds. The van der Waals surface area contributed by atoms with Crippen molar-refractivity contribution in [2.75, 3.05) is 13.2 Å². The number of rotatable bonds is 29. The zero-order valence-electron chi connectivity index (χ0n) is 25.6. The molecule has 0 bridgehead atoms. The molecule has 0 aromatic heterocycles. The second-order valence-electron chi connectivity index (χ2n) is 11.5. The summed E-state index contributed by atoms with van der Waals surface area (Å²) in [6.07, 6.45) is 27.1. The summed E-state index contributed by atoms with van der Waals surface area (Å²) in [7, 11) is 0. The first-order valence-electron chi connectivity index (χ1n) is 16.5. The highest BCUT2D eigenvalue weighted by atomic mass is 16.6. The highest BCUT2D eigenvalue weighted by molar-refractivity contribution is 5.69. The van der Waals surface area contributed by atoms with Crippen molar-refractivity contribution in [2.45, 2.75) is 181 Å². The largest absolute Gasteiger partial charge is 0.463 e. The third kappa shape index (κ3) is 27.9. The van der Waals surface area contributed by atoms with E-state index in [9.17, 15) is 14.7 Å². The van der Waals surface area contributed by atoms with Gasteiger partial charge in [0.1, 0.15) is 19.3 Å². The van der Waals surface area contributed by atoms with E-state index in [1.54, 1.807) is 0 Å². The Bertz CT molecular complexity index is 522. The van der Waals surface area contributed by atoms with E-state index < -0.39 is 6.10 Å². The summed E-state index contributed by atoms with van der Waals surface area (Å²) in [6, 6.07) is 0. The number of carbonyl (C=O) groups is 2. The van der Waals surface area contributed by atoms with E-state index in [1.807, 2.05) is 0 Å². The molecule has 0 saturated carbocycles. The van der Waals surface area contributed by atoms with E-state index in [2.05, 4.69) is 20.8 Å². The topological polar surface area (TPSA) is 72.8 Å². The summed E-state index contributed by atoms with van der Waals surface area (Å²) >= 11 is 0. The van der Waals surface area contributed by atoms with Gasteiger partial charge in [-0.25, -0.2) is 0 Å². The lowest BCUT2D eigenvalue weighted by Gasteiger charge is -2.12.